The zero-order chi connectivity index (χ0) is 17.5. The van der Waals surface area contributed by atoms with Gasteiger partial charge in [0.25, 0.3) is 5.91 Å². The third-order valence-corrected chi connectivity index (χ3v) is 3.84. The Bertz CT molecular complexity index is 679. The molecule has 1 unspecified atom stereocenters. The molecule has 128 valence electrons. The quantitative estimate of drug-likeness (QED) is 0.757. The van der Waals surface area contributed by atoms with Gasteiger partial charge < -0.3 is 14.6 Å². The topological polar surface area (TPSA) is 63.8 Å². The average Bonchev–Trinajstić information content (AvgIpc) is 2.92. The van der Waals surface area contributed by atoms with Crippen molar-refractivity contribution in [3.63, 3.8) is 0 Å². The third-order valence-electron chi connectivity index (χ3n) is 3.84. The molecule has 1 aromatic heterocycles. The highest BCUT2D eigenvalue weighted by atomic mass is 16.3. The Balaban J connectivity index is 1.87. The number of nitrogens with one attached hydrogen (secondary N) is 2. The van der Waals surface area contributed by atoms with Gasteiger partial charge in [-0.25, -0.2) is 0 Å². The molecule has 2 N–H and O–H groups in total. The van der Waals surface area contributed by atoms with Crippen LogP contribution in [-0.2, 0) is 22.6 Å². The predicted octanol–water partition coefficient (Wildman–Crippen LogP) is 0.919. The van der Waals surface area contributed by atoms with Gasteiger partial charge in [0.1, 0.15) is 12.3 Å². The SMILES string of the molecule is CC(=O)[C@@H](Cc1ccccc1)NC(=O)C[NH+](C)Cc1ccc(C)o1. The fraction of sp³-hybridized carbons (Fsp3) is 0.368. The molecule has 0 bridgehead atoms. The van der Waals surface area contributed by atoms with Crippen LogP contribution in [-0.4, -0.2) is 31.3 Å². The Kier molecular flexibility index (Phi) is 6.32. The van der Waals surface area contributed by atoms with Crippen molar-refractivity contribution in [2.45, 2.75) is 32.9 Å². The summed E-state index contributed by atoms with van der Waals surface area (Å²) in [7, 11) is 1.93. The van der Waals surface area contributed by atoms with E-state index in [1.54, 1.807) is 0 Å². The molecule has 0 saturated heterocycles. The maximum Gasteiger partial charge on any atom is 0.275 e. The van der Waals surface area contributed by atoms with Crippen molar-refractivity contribution in [3.8, 4) is 0 Å². The number of aryl methyl sites for hydroxylation is 1. The zero-order valence-electron chi connectivity index (χ0n) is 14.5. The Hall–Kier alpha value is -2.40. The number of ketones is 1. The average molecular weight is 329 g/mol. The van der Waals surface area contributed by atoms with Crippen LogP contribution < -0.4 is 10.2 Å². The van der Waals surface area contributed by atoms with E-state index in [0.717, 1.165) is 22.0 Å². The van der Waals surface area contributed by atoms with Crippen LogP contribution in [0.25, 0.3) is 0 Å². The molecule has 1 amide bonds. The summed E-state index contributed by atoms with van der Waals surface area (Å²) < 4.78 is 5.53. The minimum Gasteiger partial charge on any atom is -0.460 e. The summed E-state index contributed by atoms with van der Waals surface area (Å²) in [5.41, 5.74) is 1.03. The Morgan fingerprint density at radius 3 is 2.46 bits per heavy atom. The molecule has 0 aliphatic rings. The second kappa shape index (κ2) is 8.45. The normalized spacial score (nSPS) is 13.3. The molecule has 5 nitrogen and oxygen atoms in total. The number of amides is 1. The highest BCUT2D eigenvalue weighted by Crippen LogP contribution is 2.05. The number of furan rings is 1. The van der Waals surface area contributed by atoms with Crippen LogP contribution in [0.1, 0.15) is 24.0 Å². The van der Waals surface area contributed by atoms with Gasteiger partial charge >= 0.3 is 0 Å². The van der Waals surface area contributed by atoms with E-state index in [-0.39, 0.29) is 18.2 Å². The lowest BCUT2D eigenvalue weighted by Gasteiger charge is -2.18. The van der Waals surface area contributed by atoms with Gasteiger partial charge in [-0.15, -0.1) is 0 Å². The maximum absolute atomic E-state index is 12.2. The van der Waals surface area contributed by atoms with E-state index in [1.807, 2.05) is 56.4 Å². The van der Waals surface area contributed by atoms with Gasteiger partial charge in [-0.2, -0.15) is 0 Å². The molecule has 0 fully saturated rings. The first-order valence-electron chi connectivity index (χ1n) is 8.14. The van der Waals surface area contributed by atoms with E-state index in [1.165, 1.54) is 6.92 Å². The van der Waals surface area contributed by atoms with Crippen molar-refractivity contribution < 1.29 is 18.9 Å². The monoisotopic (exact) mass is 329 g/mol. The first kappa shape index (κ1) is 17.9. The van der Waals surface area contributed by atoms with Crippen LogP contribution in [0.5, 0.6) is 0 Å². The van der Waals surface area contributed by atoms with Crippen molar-refractivity contribution >= 4 is 11.7 Å². The number of hydrogen-bond donors (Lipinski definition) is 2. The van der Waals surface area contributed by atoms with E-state index in [4.69, 9.17) is 4.42 Å². The summed E-state index contributed by atoms with van der Waals surface area (Å²) in [4.78, 5) is 25.1. The maximum atomic E-state index is 12.2. The van der Waals surface area contributed by atoms with Gasteiger partial charge in [0, 0.05) is 0 Å². The predicted molar refractivity (Wildman–Crippen MR) is 91.7 cm³/mol. The van der Waals surface area contributed by atoms with Crippen LogP contribution in [0.2, 0.25) is 0 Å². The smallest absolute Gasteiger partial charge is 0.275 e. The number of quaternary nitrogens is 1. The number of rotatable bonds is 8. The second-order valence-corrected chi connectivity index (χ2v) is 6.24. The number of carbonyl (C=O) groups excluding carboxylic acids is 2. The fourth-order valence-corrected chi connectivity index (χ4v) is 2.61. The van der Waals surface area contributed by atoms with E-state index in [9.17, 15) is 9.59 Å². The first-order chi connectivity index (χ1) is 11.4. The lowest BCUT2D eigenvalue weighted by atomic mass is 10.0. The minimum absolute atomic E-state index is 0.0356. The summed E-state index contributed by atoms with van der Waals surface area (Å²) in [6, 6.07) is 13.0. The molecular formula is C19H25N2O3+. The first-order valence-corrected chi connectivity index (χ1v) is 8.14. The van der Waals surface area contributed by atoms with E-state index < -0.39 is 6.04 Å². The number of Topliss-reactive ketones (excluding diaryl/α,β-unsaturated/α-hetero) is 1. The second-order valence-electron chi connectivity index (χ2n) is 6.24. The molecule has 1 aromatic carbocycles. The summed E-state index contributed by atoms with van der Waals surface area (Å²) >= 11 is 0. The van der Waals surface area contributed by atoms with E-state index >= 15 is 0 Å². The highest BCUT2D eigenvalue weighted by molar-refractivity contribution is 5.88. The molecule has 0 radical (unpaired) electrons. The van der Waals surface area contributed by atoms with Crippen molar-refractivity contribution in [1.82, 2.24) is 5.32 Å². The summed E-state index contributed by atoms with van der Waals surface area (Å²) in [6.45, 7) is 4.33. The van der Waals surface area contributed by atoms with Gasteiger partial charge in [0.2, 0.25) is 0 Å². The Morgan fingerprint density at radius 1 is 1.17 bits per heavy atom. The van der Waals surface area contributed by atoms with E-state index in [2.05, 4.69) is 5.32 Å². The van der Waals surface area contributed by atoms with Crippen molar-refractivity contribution in [2.24, 2.45) is 0 Å². The summed E-state index contributed by atoms with van der Waals surface area (Å²) in [6.07, 6.45) is 0.512. The molecule has 2 aromatic rings. The van der Waals surface area contributed by atoms with Gasteiger partial charge in [0.15, 0.2) is 18.1 Å². The number of hydrogen-bond acceptors (Lipinski definition) is 3. The molecule has 0 aliphatic carbocycles. The van der Waals surface area contributed by atoms with Crippen LogP contribution >= 0.6 is 0 Å². The highest BCUT2D eigenvalue weighted by Gasteiger charge is 2.20. The van der Waals surface area contributed by atoms with Crippen LogP contribution in [0, 0.1) is 6.92 Å². The fourth-order valence-electron chi connectivity index (χ4n) is 2.61. The lowest BCUT2D eigenvalue weighted by molar-refractivity contribution is -0.886. The summed E-state index contributed by atoms with van der Waals surface area (Å²) in [5.74, 6) is 1.55. The number of benzene rings is 1. The molecule has 5 heteroatoms. The molecular weight excluding hydrogens is 304 g/mol. The molecule has 0 saturated carbocycles. The lowest BCUT2D eigenvalue weighted by Crippen LogP contribution is -3.09. The summed E-state index contributed by atoms with van der Waals surface area (Å²) in [5, 5.41) is 2.85. The largest absolute Gasteiger partial charge is 0.460 e. The molecule has 2 rings (SSSR count). The third kappa shape index (κ3) is 5.66. The zero-order valence-corrected chi connectivity index (χ0v) is 14.5. The van der Waals surface area contributed by atoms with Gasteiger partial charge in [-0.05, 0) is 38.0 Å². The Labute approximate surface area is 142 Å². The molecule has 0 spiro atoms. The van der Waals surface area contributed by atoms with Gasteiger partial charge in [0.05, 0.1) is 13.1 Å². The molecule has 24 heavy (non-hydrogen) atoms. The van der Waals surface area contributed by atoms with Crippen molar-refractivity contribution in [3.05, 3.63) is 59.5 Å². The van der Waals surface area contributed by atoms with Crippen molar-refractivity contribution in [1.29, 1.82) is 0 Å². The van der Waals surface area contributed by atoms with Gasteiger partial charge in [-0.1, -0.05) is 30.3 Å². The van der Waals surface area contributed by atoms with Crippen LogP contribution in [0.15, 0.2) is 46.9 Å². The molecule has 0 aliphatic heterocycles. The molecule has 2 atom stereocenters. The van der Waals surface area contributed by atoms with E-state index in [0.29, 0.717) is 13.0 Å². The molecule has 1 heterocycles. The van der Waals surface area contributed by atoms with Gasteiger partial charge in [-0.3, -0.25) is 9.59 Å². The standard InChI is InChI=1S/C19H24N2O3/c1-14-9-10-17(24-14)12-21(3)13-19(23)20-18(15(2)22)11-16-7-5-4-6-8-16/h4-10,18H,11-13H2,1-3H3,(H,20,23)/p+1/t18-/m1/s1. The van der Waals surface area contributed by atoms with Crippen LogP contribution in [0.3, 0.4) is 0 Å². The minimum atomic E-state index is -0.487. The number of carbonyl (C=O) groups is 2. The Morgan fingerprint density at radius 2 is 1.88 bits per heavy atom. The van der Waals surface area contributed by atoms with Crippen LogP contribution in [0.4, 0.5) is 0 Å². The van der Waals surface area contributed by atoms with Crippen molar-refractivity contribution in [2.75, 3.05) is 13.6 Å². The number of likely N-dealkylation sites (N-methyl/N-ethyl adjacent to an activating group) is 1.